The predicted molar refractivity (Wildman–Crippen MR) is 109 cm³/mol. The predicted octanol–water partition coefficient (Wildman–Crippen LogP) is 0.367. The fraction of sp³-hybridized carbons (Fsp3) is 0.364. The van der Waals surface area contributed by atoms with Crippen LogP contribution in [0.3, 0.4) is 0 Å². The highest BCUT2D eigenvalue weighted by molar-refractivity contribution is 5.93. The molecule has 4 rings (SSSR count). The zero-order valence-electron chi connectivity index (χ0n) is 16.5. The maximum Gasteiger partial charge on any atom is 0.279 e. The number of aromatic nitrogens is 1. The fourth-order valence-corrected chi connectivity index (χ4v) is 3.94. The molecule has 0 atom stereocenters. The molecule has 0 aliphatic carbocycles. The van der Waals surface area contributed by atoms with E-state index in [1.165, 1.54) is 9.80 Å². The Kier molecular flexibility index (Phi) is 5.41. The summed E-state index contributed by atoms with van der Waals surface area (Å²) < 4.78 is 5.85. The van der Waals surface area contributed by atoms with E-state index in [2.05, 4.69) is 10.3 Å². The summed E-state index contributed by atoms with van der Waals surface area (Å²) >= 11 is 0. The topological polar surface area (TPSA) is 64.0 Å². The number of amides is 1. The SMILES string of the molecule is Cc1cccc(C)c1NC(=O)C[NH+]1CC[NH+](Cc2nc3ccccc3o2)CC1. The Balaban J connectivity index is 1.27. The zero-order chi connectivity index (χ0) is 19.5. The number of carbonyl (C=O) groups excluding carboxylic acids is 1. The molecule has 0 radical (unpaired) electrons. The van der Waals surface area contributed by atoms with Crippen molar-refractivity contribution in [2.24, 2.45) is 0 Å². The van der Waals surface area contributed by atoms with E-state index in [-0.39, 0.29) is 5.91 Å². The summed E-state index contributed by atoms with van der Waals surface area (Å²) in [5, 5.41) is 3.10. The number of anilines is 1. The largest absolute Gasteiger partial charge is 0.435 e. The Labute approximate surface area is 165 Å². The highest BCUT2D eigenvalue weighted by Crippen LogP contribution is 2.19. The van der Waals surface area contributed by atoms with Gasteiger partial charge in [-0.2, -0.15) is 0 Å². The number of nitrogens with zero attached hydrogens (tertiary/aromatic N) is 1. The zero-order valence-corrected chi connectivity index (χ0v) is 16.5. The monoisotopic (exact) mass is 380 g/mol. The van der Waals surface area contributed by atoms with Crippen LogP contribution in [0.1, 0.15) is 17.0 Å². The van der Waals surface area contributed by atoms with Gasteiger partial charge in [0.1, 0.15) is 31.7 Å². The number of para-hydroxylation sites is 3. The second-order valence-electron chi connectivity index (χ2n) is 7.74. The van der Waals surface area contributed by atoms with Gasteiger partial charge in [-0.1, -0.05) is 30.3 Å². The van der Waals surface area contributed by atoms with Crippen LogP contribution in [0, 0.1) is 13.8 Å². The number of fused-ring (bicyclic) bond motifs is 1. The van der Waals surface area contributed by atoms with Crippen molar-refractivity contribution in [1.82, 2.24) is 4.98 Å². The second kappa shape index (κ2) is 8.12. The minimum Gasteiger partial charge on any atom is -0.435 e. The molecule has 0 bridgehead atoms. The summed E-state index contributed by atoms with van der Waals surface area (Å²) in [5.41, 5.74) is 4.94. The van der Waals surface area contributed by atoms with Gasteiger partial charge in [0.05, 0.1) is 0 Å². The van der Waals surface area contributed by atoms with Gasteiger partial charge in [0.25, 0.3) is 11.8 Å². The molecular weight excluding hydrogens is 352 g/mol. The highest BCUT2D eigenvalue weighted by atomic mass is 16.3. The Morgan fingerprint density at radius 2 is 1.68 bits per heavy atom. The van der Waals surface area contributed by atoms with E-state index in [0.29, 0.717) is 6.54 Å². The summed E-state index contributed by atoms with van der Waals surface area (Å²) in [4.78, 5) is 19.9. The third-order valence-electron chi connectivity index (χ3n) is 5.56. The van der Waals surface area contributed by atoms with Crippen LogP contribution in [0.15, 0.2) is 46.9 Å². The quantitative estimate of drug-likeness (QED) is 0.599. The Morgan fingerprint density at radius 1 is 1.00 bits per heavy atom. The number of carbonyl (C=O) groups is 1. The van der Waals surface area contributed by atoms with Crippen molar-refractivity contribution < 1.29 is 19.0 Å². The Morgan fingerprint density at radius 3 is 2.39 bits per heavy atom. The average Bonchev–Trinajstić information content (AvgIpc) is 3.09. The number of quaternary nitrogens is 2. The normalized spacial score (nSPS) is 19.6. The first-order chi connectivity index (χ1) is 13.6. The molecule has 1 saturated heterocycles. The van der Waals surface area contributed by atoms with Gasteiger partial charge in [0.15, 0.2) is 18.7 Å². The van der Waals surface area contributed by atoms with E-state index < -0.39 is 0 Å². The Hall–Kier alpha value is -2.70. The van der Waals surface area contributed by atoms with Crippen molar-refractivity contribution in [3.63, 3.8) is 0 Å². The standard InChI is InChI=1S/C22H26N4O2/c1-16-6-5-7-17(2)22(16)24-20(27)14-25-10-12-26(13-11-25)15-21-23-18-8-3-4-9-19(18)28-21/h3-9H,10-15H2,1-2H3,(H,24,27)/p+2. The maximum atomic E-state index is 12.5. The Bertz CT molecular complexity index is 920. The first kappa shape index (κ1) is 18.7. The summed E-state index contributed by atoms with van der Waals surface area (Å²) in [5.74, 6) is 0.891. The van der Waals surface area contributed by atoms with Gasteiger partial charge >= 0.3 is 0 Å². The van der Waals surface area contributed by atoms with Crippen LogP contribution in [-0.2, 0) is 11.3 Å². The number of benzene rings is 2. The van der Waals surface area contributed by atoms with Gasteiger partial charge in [0, 0.05) is 5.69 Å². The van der Waals surface area contributed by atoms with Crippen LogP contribution in [0.2, 0.25) is 0 Å². The maximum absolute atomic E-state index is 12.5. The molecule has 2 heterocycles. The molecular formula is C22H28N4O2+2. The smallest absolute Gasteiger partial charge is 0.279 e. The lowest BCUT2D eigenvalue weighted by Gasteiger charge is -2.28. The number of oxazole rings is 1. The van der Waals surface area contributed by atoms with E-state index in [1.807, 2.05) is 56.3 Å². The molecule has 1 aliphatic heterocycles. The van der Waals surface area contributed by atoms with E-state index in [0.717, 1.165) is 66.5 Å². The third-order valence-corrected chi connectivity index (χ3v) is 5.56. The van der Waals surface area contributed by atoms with Crippen LogP contribution in [-0.4, -0.2) is 43.6 Å². The molecule has 1 aliphatic rings. The van der Waals surface area contributed by atoms with Gasteiger partial charge in [0.2, 0.25) is 0 Å². The van der Waals surface area contributed by atoms with Crippen LogP contribution in [0.25, 0.3) is 11.1 Å². The number of hydrogen-bond acceptors (Lipinski definition) is 3. The molecule has 28 heavy (non-hydrogen) atoms. The first-order valence-corrected chi connectivity index (χ1v) is 9.96. The summed E-state index contributed by atoms with van der Waals surface area (Å²) in [6.45, 7) is 9.38. The van der Waals surface area contributed by atoms with Crippen LogP contribution < -0.4 is 15.1 Å². The molecule has 3 aromatic rings. The lowest BCUT2D eigenvalue weighted by Crippen LogP contribution is -3.28. The van der Waals surface area contributed by atoms with Crippen molar-refractivity contribution >= 4 is 22.7 Å². The number of nitrogens with one attached hydrogen (secondary N) is 3. The van der Waals surface area contributed by atoms with Crippen molar-refractivity contribution in [2.75, 3.05) is 38.0 Å². The average molecular weight is 380 g/mol. The molecule has 1 amide bonds. The van der Waals surface area contributed by atoms with Crippen LogP contribution >= 0.6 is 0 Å². The van der Waals surface area contributed by atoms with Crippen molar-refractivity contribution in [3.8, 4) is 0 Å². The van der Waals surface area contributed by atoms with Crippen molar-refractivity contribution in [3.05, 3.63) is 59.5 Å². The van der Waals surface area contributed by atoms with Gasteiger partial charge in [-0.3, -0.25) is 4.79 Å². The van der Waals surface area contributed by atoms with E-state index >= 15 is 0 Å². The summed E-state index contributed by atoms with van der Waals surface area (Å²) in [6, 6.07) is 14.0. The summed E-state index contributed by atoms with van der Waals surface area (Å²) in [6.07, 6.45) is 0. The molecule has 1 fully saturated rings. The van der Waals surface area contributed by atoms with E-state index in [4.69, 9.17) is 4.42 Å². The molecule has 6 heteroatoms. The molecule has 6 nitrogen and oxygen atoms in total. The molecule has 2 aromatic carbocycles. The lowest BCUT2D eigenvalue weighted by molar-refractivity contribution is -1.02. The highest BCUT2D eigenvalue weighted by Gasteiger charge is 2.26. The van der Waals surface area contributed by atoms with Crippen molar-refractivity contribution in [2.45, 2.75) is 20.4 Å². The first-order valence-electron chi connectivity index (χ1n) is 9.96. The fourth-order valence-electron chi connectivity index (χ4n) is 3.94. The second-order valence-corrected chi connectivity index (χ2v) is 7.74. The molecule has 1 aromatic heterocycles. The van der Waals surface area contributed by atoms with Gasteiger partial charge < -0.3 is 19.5 Å². The van der Waals surface area contributed by atoms with E-state index in [9.17, 15) is 4.79 Å². The van der Waals surface area contributed by atoms with Gasteiger partial charge in [-0.15, -0.1) is 0 Å². The van der Waals surface area contributed by atoms with Gasteiger partial charge in [-0.05, 0) is 37.1 Å². The minimum atomic E-state index is 0.0924. The minimum absolute atomic E-state index is 0.0924. The third kappa shape index (κ3) is 4.24. The lowest BCUT2D eigenvalue weighted by atomic mass is 10.1. The van der Waals surface area contributed by atoms with Crippen LogP contribution in [0.4, 0.5) is 5.69 Å². The van der Waals surface area contributed by atoms with Gasteiger partial charge in [-0.25, -0.2) is 4.98 Å². The van der Waals surface area contributed by atoms with Crippen molar-refractivity contribution in [1.29, 1.82) is 0 Å². The number of piperazine rings is 1. The molecule has 0 spiro atoms. The number of rotatable bonds is 5. The molecule has 146 valence electrons. The number of hydrogen-bond donors (Lipinski definition) is 3. The molecule has 3 N–H and O–H groups in total. The van der Waals surface area contributed by atoms with E-state index in [1.54, 1.807) is 0 Å². The summed E-state index contributed by atoms with van der Waals surface area (Å²) in [7, 11) is 0. The number of aryl methyl sites for hydroxylation is 2. The molecule has 0 saturated carbocycles. The molecule has 0 unspecified atom stereocenters. The van der Waals surface area contributed by atoms with Crippen LogP contribution in [0.5, 0.6) is 0 Å².